The van der Waals surface area contributed by atoms with Crippen LogP contribution in [0.3, 0.4) is 0 Å². The van der Waals surface area contributed by atoms with Gasteiger partial charge in [-0.2, -0.15) is 0 Å². The number of rotatable bonds is 4. The Morgan fingerprint density at radius 3 is 2.16 bits per heavy atom. The second-order valence-corrected chi connectivity index (χ2v) is 5.76. The smallest absolute Gasteiger partial charge is 0.267 e. The van der Waals surface area contributed by atoms with Crippen molar-refractivity contribution in [3.8, 4) is 0 Å². The number of benzene rings is 2. The summed E-state index contributed by atoms with van der Waals surface area (Å²) >= 11 is 0. The number of hydrogen-bond donors (Lipinski definition) is 2. The van der Waals surface area contributed by atoms with Gasteiger partial charge in [-0.05, 0) is 40.8 Å². The number of amides is 2. The molecule has 2 aromatic carbocycles. The Hall–Kier alpha value is -3.47. The topological polar surface area (TPSA) is 98.5 Å². The summed E-state index contributed by atoms with van der Waals surface area (Å²) in [7, 11) is 0. The zero-order valence-corrected chi connectivity index (χ0v) is 13.5. The molecule has 0 aromatic heterocycles. The molecule has 1 aliphatic rings. The third-order valence-corrected chi connectivity index (χ3v) is 4.10. The van der Waals surface area contributed by atoms with Gasteiger partial charge in [-0.15, -0.1) is 0 Å². The van der Waals surface area contributed by atoms with Gasteiger partial charge in [0.25, 0.3) is 5.91 Å². The van der Waals surface area contributed by atoms with Crippen molar-refractivity contribution in [1.29, 1.82) is 0 Å². The Morgan fingerprint density at radius 1 is 0.920 bits per heavy atom. The molecule has 4 N–H and O–H groups in total. The molecule has 0 saturated heterocycles. The Labute approximate surface area is 145 Å². The summed E-state index contributed by atoms with van der Waals surface area (Å²) in [6, 6.07) is 14.7. The normalized spacial score (nSPS) is 13.4. The Bertz CT molecular complexity index is 938. The van der Waals surface area contributed by atoms with Crippen LogP contribution in [0.15, 0.2) is 66.3 Å². The summed E-state index contributed by atoms with van der Waals surface area (Å²) in [6.45, 7) is 3.97. The van der Waals surface area contributed by atoms with Crippen molar-refractivity contribution in [3.63, 3.8) is 0 Å². The molecule has 0 bridgehead atoms. The maximum atomic E-state index is 11.7. The molecule has 2 amide bonds. The van der Waals surface area contributed by atoms with E-state index in [-0.39, 0.29) is 5.71 Å². The molecule has 0 spiro atoms. The van der Waals surface area contributed by atoms with Gasteiger partial charge < -0.3 is 11.5 Å². The number of fused-ring (bicyclic) bond motifs is 1. The molecule has 5 nitrogen and oxygen atoms in total. The van der Waals surface area contributed by atoms with Crippen LogP contribution in [-0.4, -0.2) is 17.5 Å². The Kier molecular flexibility index (Phi) is 4.31. The lowest BCUT2D eigenvalue weighted by Crippen LogP contribution is -2.23. The molecule has 25 heavy (non-hydrogen) atoms. The molecule has 3 rings (SSSR count). The standard InChI is InChI=1S/C20H17N3O2/c1-12-16-4-2-3-5-17(16)15(11-23-18(12)20(22)25)10-13-6-8-14(9-7-13)19(21)24/h2-9,11H,1,10H2,(H2,21,24)(H2,22,25). The van der Waals surface area contributed by atoms with Crippen LogP contribution in [0.1, 0.15) is 27.0 Å². The summed E-state index contributed by atoms with van der Waals surface area (Å²) in [4.78, 5) is 27.1. The van der Waals surface area contributed by atoms with E-state index in [1.54, 1.807) is 18.3 Å². The molecular weight excluding hydrogens is 314 g/mol. The fourth-order valence-corrected chi connectivity index (χ4v) is 2.80. The lowest BCUT2D eigenvalue weighted by molar-refractivity contribution is -0.111. The molecule has 1 heterocycles. The average Bonchev–Trinajstić information content (AvgIpc) is 2.73. The van der Waals surface area contributed by atoms with Crippen LogP contribution in [0.25, 0.3) is 11.1 Å². The van der Waals surface area contributed by atoms with E-state index in [0.717, 1.165) is 22.3 Å². The highest BCUT2D eigenvalue weighted by atomic mass is 16.1. The average molecular weight is 331 g/mol. The van der Waals surface area contributed by atoms with Crippen molar-refractivity contribution in [1.82, 2.24) is 0 Å². The predicted octanol–water partition coefficient (Wildman–Crippen LogP) is 2.32. The van der Waals surface area contributed by atoms with Gasteiger partial charge in [0.1, 0.15) is 5.71 Å². The first-order chi connectivity index (χ1) is 12.0. The van der Waals surface area contributed by atoms with Crippen molar-refractivity contribution in [3.05, 3.63) is 83.6 Å². The zero-order valence-electron chi connectivity index (χ0n) is 13.5. The molecule has 0 saturated carbocycles. The molecule has 124 valence electrons. The van der Waals surface area contributed by atoms with Crippen LogP contribution in [0.5, 0.6) is 0 Å². The van der Waals surface area contributed by atoms with E-state index < -0.39 is 11.8 Å². The summed E-state index contributed by atoms with van der Waals surface area (Å²) in [5.74, 6) is -1.07. The highest BCUT2D eigenvalue weighted by molar-refractivity contribution is 6.55. The summed E-state index contributed by atoms with van der Waals surface area (Å²) < 4.78 is 0. The van der Waals surface area contributed by atoms with Crippen molar-refractivity contribution < 1.29 is 9.59 Å². The maximum Gasteiger partial charge on any atom is 0.267 e. The first-order valence-electron chi connectivity index (χ1n) is 7.72. The summed E-state index contributed by atoms with van der Waals surface area (Å²) in [6.07, 6.45) is 2.23. The third-order valence-electron chi connectivity index (χ3n) is 4.10. The summed E-state index contributed by atoms with van der Waals surface area (Å²) in [5.41, 5.74) is 15.5. The predicted molar refractivity (Wildman–Crippen MR) is 98.7 cm³/mol. The minimum atomic E-state index is -0.608. The SMILES string of the molecule is C=C1C(C(N)=O)=NC=C(Cc2ccc(C(N)=O)cc2)c2ccccc21. The highest BCUT2D eigenvalue weighted by Crippen LogP contribution is 2.30. The number of carbonyl (C=O) groups is 2. The first-order valence-corrected chi connectivity index (χ1v) is 7.72. The van der Waals surface area contributed by atoms with Crippen molar-refractivity contribution >= 4 is 28.7 Å². The number of hydrogen-bond acceptors (Lipinski definition) is 3. The van der Waals surface area contributed by atoms with E-state index in [9.17, 15) is 9.59 Å². The molecule has 0 radical (unpaired) electrons. The van der Waals surface area contributed by atoms with E-state index in [1.165, 1.54) is 0 Å². The molecule has 2 aromatic rings. The van der Waals surface area contributed by atoms with E-state index in [2.05, 4.69) is 11.6 Å². The number of aliphatic imine (C=N–C) groups is 1. The molecular formula is C20H17N3O2. The van der Waals surface area contributed by atoms with Gasteiger partial charge in [-0.25, -0.2) is 0 Å². The van der Waals surface area contributed by atoms with Crippen LogP contribution in [0, 0.1) is 0 Å². The number of carbonyl (C=O) groups excluding carboxylic acids is 2. The van der Waals surface area contributed by atoms with Gasteiger partial charge in [0.2, 0.25) is 5.91 Å². The molecule has 0 atom stereocenters. The Morgan fingerprint density at radius 2 is 1.56 bits per heavy atom. The van der Waals surface area contributed by atoms with Gasteiger partial charge in [-0.1, -0.05) is 43.0 Å². The molecule has 0 unspecified atom stereocenters. The van der Waals surface area contributed by atoms with Crippen LogP contribution >= 0.6 is 0 Å². The number of allylic oxidation sites excluding steroid dienone is 1. The van der Waals surface area contributed by atoms with E-state index in [1.807, 2.05) is 36.4 Å². The van der Waals surface area contributed by atoms with Gasteiger partial charge in [0.05, 0.1) is 0 Å². The zero-order chi connectivity index (χ0) is 18.0. The third kappa shape index (κ3) is 3.26. The highest BCUT2D eigenvalue weighted by Gasteiger charge is 2.20. The van der Waals surface area contributed by atoms with Crippen LogP contribution in [-0.2, 0) is 11.2 Å². The van der Waals surface area contributed by atoms with Gasteiger partial charge in [0.15, 0.2) is 0 Å². The Balaban J connectivity index is 2.02. The molecule has 1 aliphatic heterocycles. The van der Waals surface area contributed by atoms with Gasteiger partial charge in [0, 0.05) is 17.3 Å². The quantitative estimate of drug-likeness (QED) is 0.898. The number of nitrogens with two attached hydrogens (primary N) is 2. The minimum Gasteiger partial charge on any atom is -0.366 e. The lowest BCUT2D eigenvalue weighted by Gasteiger charge is -2.12. The molecule has 0 aliphatic carbocycles. The first kappa shape index (κ1) is 16.4. The lowest BCUT2D eigenvalue weighted by atomic mass is 9.91. The minimum absolute atomic E-state index is 0.159. The number of nitrogens with zero attached hydrogens (tertiary/aromatic N) is 1. The van der Waals surface area contributed by atoms with E-state index in [0.29, 0.717) is 17.6 Å². The monoisotopic (exact) mass is 331 g/mol. The second-order valence-electron chi connectivity index (χ2n) is 5.76. The maximum absolute atomic E-state index is 11.7. The fraction of sp³-hybridized carbons (Fsp3) is 0.0500. The van der Waals surface area contributed by atoms with Crippen LogP contribution in [0.4, 0.5) is 0 Å². The largest absolute Gasteiger partial charge is 0.366 e. The fourth-order valence-electron chi connectivity index (χ4n) is 2.80. The second kappa shape index (κ2) is 6.57. The summed E-state index contributed by atoms with van der Waals surface area (Å²) in [5, 5.41) is 0. The van der Waals surface area contributed by atoms with E-state index >= 15 is 0 Å². The van der Waals surface area contributed by atoms with Crippen molar-refractivity contribution in [2.24, 2.45) is 16.5 Å². The van der Waals surface area contributed by atoms with Crippen LogP contribution < -0.4 is 11.5 Å². The van der Waals surface area contributed by atoms with Gasteiger partial charge >= 0.3 is 0 Å². The van der Waals surface area contributed by atoms with Crippen LogP contribution in [0.2, 0.25) is 0 Å². The van der Waals surface area contributed by atoms with Gasteiger partial charge in [-0.3, -0.25) is 14.6 Å². The van der Waals surface area contributed by atoms with Crippen molar-refractivity contribution in [2.75, 3.05) is 0 Å². The van der Waals surface area contributed by atoms with Crippen molar-refractivity contribution in [2.45, 2.75) is 6.42 Å². The number of primary amides is 2. The molecule has 5 heteroatoms. The molecule has 0 fully saturated rings. The van der Waals surface area contributed by atoms with E-state index in [4.69, 9.17) is 11.5 Å².